The van der Waals surface area contributed by atoms with E-state index in [1.54, 1.807) is 12.3 Å². The molecule has 1 N–H and O–H groups in total. The molecule has 108 valence electrons. The fourth-order valence-electron chi connectivity index (χ4n) is 1.51. The van der Waals surface area contributed by atoms with Crippen LogP contribution in [0.25, 0.3) is 0 Å². The zero-order chi connectivity index (χ0) is 15.1. The van der Waals surface area contributed by atoms with Crippen LogP contribution in [0.2, 0.25) is 0 Å². The summed E-state index contributed by atoms with van der Waals surface area (Å²) in [6.07, 6.45) is 1.56. The summed E-state index contributed by atoms with van der Waals surface area (Å²) >= 11 is 6.72. The normalized spacial score (nSPS) is 10.6. The Bertz CT molecular complexity index is 645. The second-order valence-corrected chi connectivity index (χ2v) is 5.86. The molecule has 0 aliphatic carbocycles. The largest absolute Gasteiger partial charge is 0.386 e. The van der Waals surface area contributed by atoms with Crippen molar-refractivity contribution in [3.8, 4) is 0 Å². The number of nitrogens with one attached hydrogen (secondary N) is 1. The molecule has 4 nitrogen and oxygen atoms in total. The highest BCUT2D eigenvalue weighted by molar-refractivity contribution is 9.11. The highest BCUT2D eigenvalue weighted by Crippen LogP contribution is 2.25. The van der Waals surface area contributed by atoms with Crippen molar-refractivity contribution in [3.05, 3.63) is 63.0 Å². The summed E-state index contributed by atoms with van der Waals surface area (Å²) in [5.41, 5.74) is 1.59. The molecule has 0 radical (unpaired) electrons. The molecule has 0 aromatic heterocycles. The van der Waals surface area contributed by atoms with Gasteiger partial charge in [-0.15, -0.1) is 0 Å². The number of hydrogen-bond donors (Lipinski definition) is 1. The van der Waals surface area contributed by atoms with Crippen molar-refractivity contribution in [3.63, 3.8) is 0 Å². The highest BCUT2D eigenvalue weighted by atomic mass is 79.9. The van der Waals surface area contributed by atoms with Gasteiger partial charge in [-0.3, -0.25) is 4.79 Å². The van der Waals surface area contributed by atoms with Crippen molar-refractivity contribution in [1.29, 1.82) is 0 Å². The fraction of sp³-hybridized carbons (Fsp3) is 0.0667. The zero-order valence-corrected chi connectivity index (χ0v) is 14.1. The van der Waals surface area contributed by atoms with Crippen molar-refractivity contribution in [2.24, 2.45) is 5.16 Å². The first-order valence-electron chi connectivity index (χ1n) is 6.10. The third-order valence-corrected chi connectivity index (χ3v) is 3.63. The Morgan fingerprint density at radius 3 is 2.67 bits per heavy atom. The summed E-state index contributed by atoms with van der Waals surface area (Å²) in [7, 11) is 0. The van der Waals surface area contributed by atoms with Gasteiger partial charge in [-0.1, -0.05) is 51.4 Å². The van der Waals surface area contributed by atoms with Crippen LogP contribution in [0, 0.1) is 0 Å². The standard InChI is InChI=1S/C15H12Br2N2O2/c16-12-6-7-14(13(17)8-12)19-15(20)10-21-18-9-11-4-2-1-3-5-11/h1-9H,10H2,(H,19,20)/b18-9-. The second-order valence-electron chi connectivity index (χ2n) is 4.09. The summed E-state index contributed by atoms with van der Waals surface area (Å²) < 4.78 is 1.72. The minimum Gasteiger partial charge on any atom is -0.386 e. The third kappa shape index (κ3) is 5.32. The lowest BCUT2D eigenvalue weighted by molar-refractivity contribution is -0.120. The van der Waals surface area contributed by atoms with E-state index in [9.17, 15) is 4.79 Å². The van der Waals surface area contributed by atoms with Gasteiger partial charge < -0.3 is 10.2 Å². The van der Waals surface area contributed by atoms with Crippen LogP contribution in [0.5, 0.6) is 0 Å². The molecule has 0 bridgehead atoms. The molecule has 0 fully saturated rings. The molecule has 0 atom stereocenters. The van der Waals surface area contributed by atoms with Crippen molar-refractivity contribution >= 4 is 49.7 Å². The van der Waals surface area contributed by atoms with E-state index in [0.29, 0.717) is 5.69 Å². The van der Waals surface area contributed by atoms with E-state index in [-0.39, 0.29) is 12.5 Å². The molecule has 0 aliphatic heterocycles. The Kier molecular flexibility index (Phi) is 5.95. The van der Waals surface area contributed by atoms with Crippen LogP contribution in [0.4, 0.5) is 5.69 Å². The predicted molar refractivity (Wildman–Crippen MR) is 90.5 cm³/mol. The van der Waals surface area contributed by atoms with Gasteiger partial charge in [0.2, 0.25) is 0 Å². The topological polar surface area (TPSA) is 50.7 Å². The number of oxime groups is 1. The number of hydrogen-bond acceptors (Lipinski definition) is 3. The molecular formula is C15H12Br2N2O2. The van der Waals surface area contributed by atoms with E-state index in [4.69, 9.17) is 4.84 Å². The van der Waals surface area contributed by atoms with Crippen LogP contribution < -0.4 is 5.32 Å². The lowest BCUT2D eigenvalue weighted by Crippen LogP contribution is -2.17. The molecule has 0 spiro atoms. The Labute approximate surface area is 139 Å². The first-order valence-corrected chi connectivity index (χ1v) is 7.69. The number of benzene rings is 2. The lowest BCUT2D eigenvalue weighted by atomic mass is 10.2. The molecule has 0 aliphatic rings. The molecule has 21 heavy (non-hydrogen) atoms. The minimum atomic E-state index is -0.275. The van der Waals surface area contributed by atoms with Gasteiger partial charge >= 0.3 is 0 Å². The Hall–Kier alpha value is -1.66. The summed E-state index contributed by atoms with van der Waals surface area (Å²) in [6.45, 7) is -0.147. The summed E-state index contributed by atoms with van der Waals surface area (Å²) in [5, 5.41) is 6.49. The maximum Gasteiger partial charge on any atom is 0.265 e. The van der Waals surface area contributed by atoms with E-state index >= 15 is 0 Å². The van der Waals surface area contributed by atoms with Crippen molar-refractivity contribution < 1.29 is 9.63 Å². The molecule has 2 rings (SSSR count). The molecule has 0 saturated carbocycles. The SMILES string of the molecule is O=C(CO/N=C\c1ccccc1)Nc1ccc(Br)cc1Br. The molecule has 2 aromatic carbocycles. The fourth-order valence-corrected chi connectivity index (χ4v) is 2.66. The van der Waals surface area contributed by atoms with E-state index in [2.05, 4.69) is 42.3 Å². The van der Waals surface area contributed by atoms with Gasteiger partial charge in [-0.05, 0) is 39.7 Å². The maximum absolute atomic E-state index is 11.7. The van der Waals surface area contributed by atoms with E-state index < -0.39 is 0 Å². The molecular weight excluding hydrogens is 400 g/mol. The van der Waals surface area contributed by atoms with Crippen LogP contribution in [0.15, 0.2) is 62.6 Å². The lowest BCUT2D eigenvalue weighted by Gasteiger charge is -2.06. The second kappa shape index (κ2) is 7.95. The number of rotatable bonds is 5. The number of halogens is 2. The number of amides is 1. The molecule has 0 unspecified atom stereocenters. The van der Waals surface area contributed by atoms with E-state index in [1.807, 2.05) is 42.5 Å². The van der Waals surface area contributed by atoms with Gasteiger partial charge in [-0.2, -0.15) is 0 Å². The van der Waals surface area contributed by atoms with Gasteiger partial charge in [-0.25, -0.2) is 0 Å². The van der Waals surface area contributed by atoms with Gasteiger partial charge in [0.25, 0.3) is 5.91 Å². The van der Waals surface area contributed by atoms with Gasteiger partial charge in [0.15, 0.2) is 6.61 Å². The van der Waals surface area contributed by atoms with Gasteiger partial charge in [0.1, 0.15) is 0 Å². The van der Waals surface area contributed by atoms with Crippen molar-refractivity contribution in [1.82, 2.24) is 0 Å². The summed E-state index contributed by atoms with van der Waals surface area (Å²) in [4.78, 5) is 16.7. The first-order chi connectivity index (χ1) is 10.1. The van der Waals surface area contributed by atoms with E-state index in [1.165, 1.54) is 0 Å². The predicted octanol–water partition coefficient (Wildman–Crippen LogP) is 4.20. The highest BCUT2D eigenvalue weighted by Gasteiger charge is 2.06. The van der Waals surface area contributed by atoms with Crippen LogP contribution in [-0.2, 0) is 9.63 Å². The smallest absolute Gasteiger partial charge is 0.265 e. The average Bonchev–Trinajstić information content (AvgIpc) is 2.48. The zero-order valence-electron chi connectivity index (χ0n) is 10.9. The Morgan fingerprint density at radius 2 is 1.95 bits per heavy atom. The van der Waals surface area contributed by atoms with Crippen LogP contribution in [-0.4, -0.2) is 18.7 Å². The monoisotopic (exact) mass is 410 g/mol. The molecule has 1 amide bonds. The quantitative estimate of drug-likeness (QED) is 0.592. The van der Waals surface area contributed by atoms with Crippen molar-refractivity contribution in [2.45, 2.75) is 0 Å². The van der Waals surface area contributed by atoms with Gasteiger partial charge in [0.05, 0.1) is 11.9 Å². The Balaban J connectivity index is 1.81. The van der Waals surface area contributed by atoms with Crippen LogP contribution >= 0.6 is 31.9 Å². The van der Waals surface area contributed by atoms with E-state index in [0.717, 1.165) is 14.5 Å². The van der Waals surface area contributed by atoms with Crippen LogP contribution in [0.3, 0.4) is 0 Å². The molecule has 2 aromatic rings. The minimum absolute atomic E-state index is 0.147. The van der Waals surface area contributed by atoms with Gasteiger partial charge in [0, 0.05) is 8.95 Å². The number of nitrogens with zero attached hydrogens (tertiary/aromatic N) is 1. The molecule has 6 heteroatoms. The molecule has 0 heterocycles. The molecule has 0 saturated heterocycles. The van der Waals surface area contributed by atoms with Crippen molar-refractivity contribution in [2.75, 3.05) is 11.9 Å². The summed E-state index contributed by atoms with van der Waals surface area (Å²) in [5.74, 6) is -0.275. The third-order valence-electron chi connectivity index (χ3n) is 2.48. The van der Waals surface area contributed by atoms with Crippen LogP contribution in [0.1, 0.15) is 5.56 Å². The Morgan fingerprint density at radius 1 is 1.19 bits per heavy atom. The number of carbonyl (C=O) groups excluding carboxylic acids is 1. The summed E-state index contributed by atoms with van der Waals surface area (Å²) in [6, 6.07) is 15.0. The number of anilines is 1. The number of carbonyl (C=O) groups is 1. The average molecular weight is 412 g/mol. The first kappa shape index (κ1) is 15.7. The maximum atomic E-state index is 11.7.